The lowest BCUT2D eigenvalue weighted by atomic mass is 9.96. The van der Waals surface area contributed by atoms with Gasteiger partial charge in [-0.3, -0.25) is 4.90 Å². The van der Waals surface area contributed by atoms with E-state index in [9.17, 15) is 35.9 Å². The Balaban J connectivity index is 1.54. The van der Waals surface area contributed by atoms with Gasteiger partial charge in [0.05, 0.1) is 36.5 Å². The monoisotopic (exact) mass is 607 g/mol. The molecule has 0 aliphatic carbocycles. The van der Waals surface area contributed by atoms with E-state index in [0.29, 0.717) is 46.1 Å². The van der Waals surface area contributed by atoms with Gasteiger partial charge in [0.15, 0.2) is 0 Å². The maximum Gasteiger partial charge on any atom is 0.416 e. The lowest BCUT2D eigenvalue weighted by Gasteiger charge is -2.33. The molecule has 2 aliphatic heterocycles. The van der Waals surface area contributed by atoms with Gasteiger partial charge in [-0.15, -0.1) is 0 Å². The minimum absolute atomic E-state index is 0.0340. The number of anilines is 1. The molecule has 2 fully saturated rings. The van der Waals surface area contributed by atoms with Crippen LogP contribution >= 0.6 is 0 Å². The minimum Gasteiger partial charge on any atom is -0.496 e. The van der Waals surface area contributed by atoms with Gasteiger partial charge in [-0.25, -0.2) is 9.78 Å². The Labute approximate surface area is 243 Å². The fraction of sp³-hybridized carbons (Fsp3) is 0.367. The Kier molecular flexibility index (Phi) is 8.01. The first kappa shape index (κ1) is 30.2. The van der Waals surface area contributed by atoms with Gasteiger partial charge in [0.25, 0.3) is 0 Å². The van der Waals surface area contributed by atoms with Crippen LogP contribution in [0, 0.1) is 0 Å². The number of amides is 1. The van der Waals surface area contributed by atoms with Crippen LogP contribution in [0.15, 0.2) is 48.5 Å². The van der Waals surface area contributed by atoms with E-state index in [1.54, 1.807) is 18.2 Å². The third-order valence-electron chi connectivity index (χ3n) is 7.66. The van der Waals surface area contributed by atoms with Crippen molar-refractivity contribution < 1.29 is 45.4 Å². The average molecular weight is 608 g/mol. The summed E-state index contributed by atoms with van der Waals surface area (Å²) in [6.45, 7) is 2.91. The van der Waals surface area contributed by atoms with Gasteiger partial charge in [-0.1, -0.05) is 6.07 Å². The number of carbonyl (C=O) groups excluding carboxylic acids is 2. The van der Waals surface area contributed by atoms with Gasteiger partial charge in [0.2, 0.25) is 0 Å². The van der Waals surface area contributed by atoms with Crippen molar-refractivity contribution in [3.05, 3.63) is 76.5 Å². The molecule has 2 aromatic carbocycles. The van der Waals surface area contributed by atoms with Gasteiger partial charge in [0, 0.05) is 30.6 Å². The number of rotatable bonds is 8. The van der Waals surface area contributed by atoms with Gasteiger partial charge < -0.3 is 19.2 Å². The van der Waals surface area contributed by atoms with Crippen LogP contribution in [0.2, 0.25) is 0 Å². The highest BCUT2D eigenvalue weighted by Gasteiger charge is 2.43. The zero-order chi connectivity index (χ0) is 31.1. The van der Waals surface area contributed by atoms with E-state index in [-0.39, 0.29) is 19.0 Å². The van der Waals surface area contributed by atoms with Crippen LogP contribution in [0.25, 0.3) is 11.1 Å². The van der Waals surface area contributed by atoms with E-state index in [0.717, 1.165) is 25.8 Å². The van der Waals surface area contributed by atoms with Crippen LogP contribution < -0.4 is 9.64 Å². The van der Waals surface area contributed by atoms with Crippen molar-refractivity contribution in [3.63, 3.8) is 0 Å². The number of methoxy groups -OCH3 is 1. The molecule has 7 nitrogen and oxygen atoms in total. The number of carbonyl (C=O) groups is 2. The summed E-state index contributed by atoms with van der Waals surface area (Å²) >= 11 is 0. The van der Waals surface area contributed by atoms with Crippen molar-refractivity contribution in [1.29, 1.82) is 0 Å². The molecule has 13 heteroatoms. The number of ether oxygens (including phenoxy) is 2. The third-order valence-corrected chi connectivity index (χ3v) is 7.66. The van der Waals surface area contributed by atoms with Crippen molar-refractivity contribution >= 4 is 18.2 Å². The summed E-state index contributed by atoms with van der Waals surface area (Å²) in [5, 5.41) is 0. The van der Waals surface area contributed by atoms with Crippen molar-refractivity contribution in [2.24, 2.45) is 0 Å². The molecule has 2 unspecified atom stereocenters. The number of aldehydes is 1. The molecule has 2 saturated heterocycles. The molecule has 0 bridgehead atoms. The van der Waals surface area contributed by atoms with E-state index in [1.807, 2.05) is 17.0 Å². The lowest BCUT2D eigenvalue weighted by molar-refractivity contribution is -0.143. The number of hydrogen-bond donors (Lipinski definition) is 0. The number of nitrogens with zero attached hydrogens (tertiary/aromatic N) is 3. The van der Waals surface area contributed by atoms with Crippen molar-refractivity contribution in [2.75, 3.05) is 25.1 Å². The van der Waals surface area contributed by atoms with Crippen LogP contribution in [0.3, 0.4) is 0 Å². The maximum absolute atomic E-state index is 13.5. The molecule has 3 aromatic rings. The lowest BCUT2D eigenvalue weighted by Crippen LogP contribution is -2.38. The molecule has 3 heterocycles. The summed E-state index contributed by atoms with van der Waals surface area (Å²) in [5.74, 6) is 1.13. The standard InChI is InChI=1S/C30H27F6N3O4/c1-17-27(19-13-20(29(31,32)33)15-21(14-19)30(34,35)36)43-28(41)39(17)16-24-22(5-7-26(37-24)38-9-3-10-38)23-12-18(8-11-40)4-6-25(23)42-2/h4-7,11-15,17,27H,3,8-10,16H2,1-2H3. The fourth-order valence-electron chi connectivity index (χ4n) is 5.23. The van der Waals surface area contributed by atoms with E-state index in [2.05, 4.69) is 0 Å². The molecular weight excluding hydrogens is 580 g/mol. The number of benzene rings is 2. The van der Waals surface area contributed by atoms with Crippen molar-refractivity contribution in [3.8, 4) is 16.9 Å². The number of alkyl halides is 6. The molecule has 0 N–H and O–H groups in total. The summed E-state index contributed by atoms with van der Waals surface area (Å²) in [7, 11) is 1.48. The third kappa shape index (κ3) is 6.11. The summed E-state index contributed by atoms with van der Waals surface area (Å²) in [6, 6.07) is 9.09. The Morgan fingerprint density at radius 1 is 0.977 bits per heavy atom. The predicted octanol–water partition coefficient (Wildman–Crippen LogP) is 6.83. The smallest absolute Gasteiger partial charge is 0.416 e. The number of aromatic nitrogens is 1. The highest BCUT2D eigenvalue weighted by Crippen LogP contribution is 2.42. The SMILES string of the molecule is COc1ccc(CC=O)cc1-c1ccc(N2CCC2)nc1CN1C(=O)OC(c2cc(C(F)(F)F)cc(C(F)(F)F)c2)C1C. The van der Waals surface area contributed by atoms with Gasteiger partial charge in [-0.05, 0) is 66.9 Å². The number of halogens is 6. The average Bonchev–Trinajstić information content (AvgIpc) is 3.20. The molecular formula is C30H27F6N3O4. The predicted molar refractivity (Wildman–Crippen MR) is 143 cm³/mol. The molecule has 5 rings (SSSR count). The quantitative estimate of drug-likeness (QED) is 0.207. The minimum atomic E-state index is -5.05. The Morgan fingerprint density at radius 2 is 1.65 bits per heavy atom. The van der Waals surface area contributed by atoms with Gasteiger partial charge in [-0.2, -0.15) is 26.3 Å². The van der Waals surface area contributed by atoms with E-state index in [1.165, 1.54) is 18.9 Å². The normalized spacial score (nSPS) is 18.8. The molecule has 2 aliphatic rings. The highest BCUT2D eigenvalue weighted by atomic mass is 19.4. The number of hydrogen-bond acceptors (Lipinski definition) is 6. The zero-order valence-electron chi connectivity index (χ0n) is 23.1. The largest absolute Gasteiger partial charge is 0.496 e. The summed E-state index contributed by atoms with van der Waals surface area (Å²) < 4.78 is 92.0. The molecule has 228 valence electrons. The summed E-state index contributed by atoms with van der Waals surface area (Å²) in [4.78, 5) is 32.3. The second-order valence-electron chi connectivity index (χ2n) is 10.4. The molecule has 1 amide bonds. The Hall–Kier alpha value is -4.29. The summed E-state index contributed by atoms with van der Waals surface area (Å²) in [5.41, 5.74) is -1.10. The maximum atomic E-state index is 13.5. The molecule has 1 aromatic heterocycles. The number of pyridine rings is 1. The first-order valence-electron chi connectivity index (χ1n) is 13.4. The molecule has 43 heavy (non-hydrogen) atoms. The second kappa shape index (κ2) is 11.4. The highest BCUT2D eigenvalue weighted by molar-refractivity contribution is 5.76. The van der Waals surface area contributed by atoms with Crippen LogP contribution in [0.1, 0.15) is 47.4 Å². The van der Waals surface area contributed by atoms with Crippen molar-refractivity contribution in [2.45, 2.75) is 50.8 Å². The first-order valence-corrected chi connectivity index (χ1v) is 13.4. The van der Waals surface area contributed by atoms with Crippen LogP contribution in [-0.2, 0) is 34.8 Å². The molecule has 2 atom stereocenters. The van der Waals surface area contributed by atoms with Crippen LogP contribution in [0.4, 0.5) is 37.0 Å². The van der Waals surface area contributed by atoms with Crippen LogP contribution in [0.5, 0.6) is 5.75 Å². The zero-order valence-corrected chi connectivity index (χ0v) is 23.1. The molecule has 0 radical (unpaired) electrons. The first-order chi connectivity index (χ1) is 20.3. The van der Waals surface area contributed by atoms with E-state index < -0.39 is 47.3 Å². The van der Waals surface area contributed by atoms with Gasteiger partial charge in [0.1, 0.15) is 24.0 Å². The fourth-order valence-corrected chi connectivity index (χ4v) is 5.23. The topological polar surface area (TPSA) is 72.0 Å². The van der Waals surface area contributed by atoms with E-state index in [4.69, 9.17) is 14.5 Å². The Morgan fingerprint density at radius 3 is 2.21 bits per heavy atom. The van der Waals surface area contributed by atoms with E-state index >= 15 is 0 Å². The van der Waals surface area contributed by atoms with Gasteiger partial charge >= 0.3 is 18.4 Å². The molecule has 0 saturated carbocycles. The molecule has 0 spiro atoms. The summed E-state index contributed by atoms with van der Waals surface area (Å²) in [6.07, 6.45) is -10.5. The Bertz CT molecular complexity index is 1510. The van der Waals surface area contributed by atoms with Crippen molar-refractivity contribution in [1.82, 2.24) is 9.88 Å². The van der Waals surface area contributed by atoms with Crippen LogP contribution in [-0.4, -0.2) is 48.5 Å². The second-order valence-corrected chi connectivity index (χ2v) is 10.4. The number of cyclic esters (lactones) is 1.